The molecule has 2 N–H and O–H groups in total. The van der Waals surface area contributed by atoms with Gasteiger partial charge in [0, 0.05) is 19.4 Å². The SMILES string of the molecule is CCCOc1ccc(CNC(=O)C2=NNC(=O)CC2)cc1. The molecule has 0 unspecified atom stereocenters. The van der Waals surface area contributed by atoms with Crippen LogP contribution >= 0.6 is 0 Å². The lowest BCUT2D eigenvalue weighted by molar-refractivity contribution is -0.121. The molecule has 2 amide bonds. The van der Waals surface area contributed by atoms with Crippen LogP contribution in [0.5, 0.6) is 5.75 Å². The topological polar surface area (TPSA) is 79.8 Å². The molecule has 0 saturated heterocycles. The van der Waals surface area contributed by atoms with Crippen molar-refractivity contribution in [1.29, 1.82) is 0 Å². The first-order valence-corrected chi connectivity index (χ1v) is 7.04. The highest BCUT2D eigenvalue weighted by molar-refractivity contribution is 6.39. The molecule has 0 bridgehead atoms. The van der Waals surface area contributed by atoms with Crippen LogP contribution in [-0.4, -0.2) is 24.1 Å². The van der Waals surface area contributed by atoms with Crippen molar-refractivity contribution in [1.82, 2.24) is 10.7 Å². The monoisotopic (exact) mass is 289 g/mol. The summed E-state index contributed by atoms with van der Waals surface area (Å²) in [5.41, 5.74) is 3.65. The van der Waals surface area contributed by atoms with Crippen LogP contribution in [-0.2, 0) is 16.1 Å². The molecule has 21 heavy (non-hydrogen) atoms. The number of hydrazone groups is 1. The van der Waals surface area contributed by atoms with Crippen molar-refractivity contribution in [2.45, 2.75) is 32.7 Å². The number of rotatable bonds is 6. The Kier molecular flexibility index (Phi) is 5.31. The first kappa shape index (κ1) is 15.0. The van der Waals surface area contributed by atoms with E-state index in [2.05, 4.69) is 22.8 Å². The van der Waals surface area contributed by atoms with E-state index >= 15 is 0 Å². The van der Waals surface area contributed by atoms with Gasteiger partial charge in [0.2, 0.25) is 5.91 Å². The predicted molar refractivity (Wildman–Crippen MR) is 78.9 cm³/mol. The molecule has 0 radical (unpaired) electrons. The minimum atomic E-state index is -0.249. The summed E-state index contributed by atoms with van der Waals surface area (Å²) in [6, 6.07) is 7.59. The van der Waals surface area contributed by atoms with Crippen molar-refractivity contribution in [2.24, 2.45) is 5.10 Å². The lowest BCUT2D eigenvalue weighted by Gasteiger charge is -2.12. The van der Waals surface area contributed by atoms with Gasteiger partial charge in [-0.15, -0.1) is 0 Å². The summed E-state index contributed by atoms with van der Waals surface area (Å²) >= 11 is 0. The van der Waals surface area contributed by atoms with E-state index in [1.807, 2.05) is 24.3 Å². The lowest BCUT2D eigenvalue weighted by Crippen LogP contribution is -2.36. The van der Waals surface area contributed by atoms with Crippen LogP contribution in [0.3, 0.4) is 0 Å². The molecule has 112 valence electrons. The van der Waals surface area contributed by atoms with Gasteiger partial charge in [0.1, 0.15) is 11.5 Å². The number of carbonyl (C=O) groups is 2. The van der Waals surface area contributed by atoms with Gasteiger partial charge in [0.15, 0.2) is 0 Å². The van der Waals surface area contributed by atoms with Crippen LogP contribution in [0.15, 0.2) is 29.4 Å². The molecule has 1 aromatic carbocycles. The maximum atomic E-state index is 11.9. The summed E-state index contributed by atoms with van der Waals surface area (Å²) in [7, 11) is 0. The van der Waals surface area contributed by atoms with Crippen molar-refractivity contribution in [3.05, 3.63) is 29.8 Å². The zero-order chi connectivity index (χ0) is 15.1. The van der Waals surface area contributed by atoms with Crippen molar-refractivity contribution < 1.29 is 14.3 Å². The molecule has 0 aromatic heterocycles. The van der Waals surface area contributed by atoms with Crippen LogP contribution in [0, 0.1) is 0 Å². The fourth-order valence-corrected chi connectivity index (χ4v) is 1.85. The van der Waals surface area contributed by atoms with Gasteiger partial charge in [-0.3, -0.25) is 9.59 Å². The van der Waals surface area contributed by atoms with Gasteiger partial charge in [0.25, 0.3) is 5.91 Å². The van der Waals surface area contributed by atoms with Crippen molar-refractivity contribution in [3.63, 3.8) is 0 Å². The molecule has 0 aliphatic carbocycles. The van der Waals surface area contributed by atoms with Crippen molar-refractivity contribution in [2.75, 3.05) is 6.61 Å². The Balaban J connectivity index is 1.82. The summed E-state index contributed by atoms with van der Waals surface area (Å²) in [5, 5.41) is 6.54. The molecule has 6 heteroatoms. The minimum absolute atomic E-state index is 0.158. The predicted octanol–water partition coefficient (Wildman–Crippen LogP) is 1.36. The van der Waals surface area contributed by atoms with Gasteiger partial charge < -0.3 is 10.1 Å². The molecule has 0 spiro atoms. The van der Waals surface area contributed by atoms with E-state index in [-0.39, 0.29) is 11.8 Å². The van der Waals surface area contributed by atoms with E-state index in [4.69, 9.17) is 4.74 Å². The van der Waals surface area contributed by atoms with E-state index in [1.54, 1.807) is 0 Å². The Labute approximate surface area is 123 Å². The van der Waals surface area contributed by atoms with Crippen LogP contribution in [0.1, 0.15) is 31.7 Å². The second-order valence-electron chi connectivity index (χ2n) is 4.77. The molecule has 0 saturated carbocycles. The minimum Gasteiger partial charge on any atom is -0.494 e. The smallest absolute Gasteiger partial charge is 0.267 e. The Bertz CT molecular complexity index is 538. The summed E-state index contributed by atoms with van der Waals surface area (Å²) in [5.74, 6) is 0.418. The zero-order valence-electron chi connectivity index (χ0n) is 12.0. The number of ether oxygens (including phenoxy) is 1. The van der Waals surface area contributed by atoms with Crippen LogP contribution in [0.2, 0.25) is 0 Å². The highest BCUT2D eigenvalue weighted by Crippen LogP contribution is 2.12. The van der Waals surface area contributed by atoms with Gasteiger partial charge in [-0.2, -0.15) is 5.10 Å². The standard InChI is InChI=1S/C15H19N3O3/c1-2-9-21-12-5-3-11(4-6-12)10-16-15(20)13-7-8-14(19)18-17-13/h3-6H,2,7-10H2,1H3,(H,16,20)(H,18,19). The fraction of sp³-hybridized carbons (Fsp3) is 0.400. The third-order valence-electron chi connectivity index (χ3n) is 3.02. The summed E-state index contributed by atoms with van der Waals surface area (Å²) < 4.78 is 5.49. The highest BCUT2D eigenvalue weighted by atomic mass is 16.5. The Hall–Kier alpha value is -2.37. The van der Waals surface area contributed by atoms with E-state index in [1.165, 1.54) is 0 Å². The maximum absolute atomic E-state index is 11.9. The summed E-state index contributed by atoms with van der Waals surface area (Å²) in [4.78, 5) is 22.8. The maximum Gasteiger partial charge on any atom is 0.267 e. The van der Waals surface area contributed by atoms with Crippen LogP contribution in [0.25, 0.3) is 0 Å². The average Bonchev–Trinajstić information content (AvgIpc) is 2.52. The molecular weight excluding hydrogens is 270 g/mol. The Morgan fingerprint density at radius 2 is 2.10 bits per heavy atom. The number of carbonyl (C=O) groups excluding carboxylic acids is 2. The quantitative estimate of drug-likeness (QED) is 0.829. The molecule has 2 rings (SSSR count). The lowest BCUT2D eigenvalue weighted by atomic mass is 10.1. The molecule has 6 nitrogen and oxygen atoms in total. The first-order chi connectivity index (χ1) is 10.2. The Morgan fingerprint density at radius 3 is 2.71 bits per heavy atom. The van der Waals surface area contributed by atoms with Gasteiger partial charge in [-0.25, -0.2) is 5.43 Å². The normalized spacial score (nSPS) is 14.1. The zero-order valence-corrected chi connectivity index (χ0v) is 12.0. The second kappa shape index (κ2) is 7.42. The molecule has 1 aliphatic heterocycles. The van der Waals surface area contributed by atoms with Gasteiger partial charge in [-0.1, -0.05) is 19.1 Å². The number of nitrogens with one attached hydrogen (secondary N) is 2. The Morgan fingerprint density at radius 1 is 1.33 bits per heavy atom. The molecular formula is C15H19N3O3. The summed E-state index contributed by atoms with van der Waals surface area (Å²) in [6.45, 7) is 3.17. The van der Waals surface area contributed by atoms with Crippen LogP contribution in [0.4, 0.5) is 0 Å². The van der Waals surface area contributed by atoms with E-state index in [0.29, 0.717) is 31.7 Å². The summed E-state index contributed by atoms with van der Waals surface area (Å²) in [6.07, 6.45) is 1.65. The third-order valence-corrected chi connectivity index (χ3v) is 3.02. The fourth-order valence-electron chi connectivity index (χ4n) is 1.85. The number of hydrogen-bond acceptors (Lipinski definition) is 4. The third kappa shape index (κ3) is 4.59. The molecule has 0 atom stereocenters. The molecule has 1 aliphatic rings. The molecule has 0 fully saturated rings. The first-order valence-electron chi connectivity index (χ1n) is 7.04. The van der Waals surface area contributed by atoms with Gasteiger partial charge >= 0.3 is 0 Å². The molecule has 1 heterocycles. The van der Waals surface area contributed by atoms with E-state index < -0.39 is 0 Å². The molecule has 1 aromatic rings. The average molecular weight is 289 g/mol. The van der Waals surface area contributed by atoms with Crippen molar-refractivity contribution >= 4 is 17.5 Å². The van der Waals surface area contributed by atoms with Gasteiger partial charge in [0.05, 0.1) is 6.61 Å². The number of nitrogens with zero attached hydrogens (tertiary/aromatic N) is 1. The van der Waals surface area contributed by atoms with E-state index in [0.717, 1.165) is 17.7 Å². The number of benzene rings is 1. The second-order valence-corrected chi connectivity index (χ2v) is 4.77. The van der Waals surface area contributed by atoms with Gasteiger partial charge in [-0.05, 0) is 24.1 Å². The number of hydrogen-bond donors (Lipinski definition) is 2. The van der Waals surface area contributed by atoms with Crippen LogP contribution < -0.4 is 15.5 Å². The van der Waals surface area contributed by atoms with E-state index in [9.17, 15) is 9.59 Å². The highest BCUT2D eigenvalue weighted by Gasteiger charge is 2.17. The largest absolute Gasteiger partial charge is 0.494 e. The number of amides is 2. The van der Waals surface area contributed by atoms with Crippen molar-refractivity contribution in [3.8, 4) is 5.75 Å².